The number of hydrogen-bond acceptors (Lipinski definition) is 2. The molecule has 0 atom stereocenters. The molecule has 0 amide bonds. The molecule has 0 saturated heterocycles. The van der Waals surface area contributed by atoms with Crippen LogP contribution in [0.3, 0.4) is 0 Å². The van der Waals surface area contributed by atoms with Crippen molar-refractivity contribution in [1.29, 1.82) is 0 Å². The van der Waals surface area contributed by atoms with Crippen LogP contribution in [-0.2, 0) is 12.8 Å². The van der Waals surface area contributed by atoms with Gasteiger partial charge in [0.2, 0.25) is 0 Å². The second-order valence-corrected chi connectivity index (χ2v) is 16.2. The Balaban J connectivity index is 1.26. The van der Waals surface area contributed by atoms with Gasteiger partial charge in [-0.25, -0.2) is 0 Å². The smallest absolute Gasteiger partial charge is 0.0727 e. The minimum atomic E-state index is 1.15. The maximum atomic E-state index is 2.55. The standard InChI is InChI=1S/C46H44N2S2/c1-3-5-7-9-15-31-21-25-33(26-22-31)47-39-29-38-40(30-37(39)45-43(47)35-17-11-13-19-41(35)49-45)48(44-36-18-12-14-20-42(36)50-46(38)44)34-27-23-32(24-28-34)16-10-8-6-4-2/h11-14,17-30H,3-10,15-16H2,1-2H3. The fraction of sp³-hybridized carbons (Fsp3) is 0.261. The van der Waals surface area contributed by atoms with E-state index in [9.17, 15) is 0 Å². The van der Waals surface area contributed by atoms with Crippen LogP contribution in [0, 0.1) is 0 Å². The quantitative estimate of drug-likeness (QED) is 0.113. The zero-order valence-corrected chi connectivity index (χ0v) is 30.8. The molecule has 4 heteroatoms. The number of aromatic nitrogens is 2. The van der Waals surface area contributed by atoms with Crippen molar-refractivity contribution in [3.05, 3.63) is 120 Å². The highest BCUT2D eigenvalue weighted by Crippen LogP contribution is 2.47. The molecule has 5 aromatic carbocycles. The molecule has 0 radical (unpaired) electrons. The molecule has 0 unspecified atom stereocenters. The molecule has 9 aromatic rings. The second-order valence-electron chi connectivity index (χ2n) is 14.1. The van der Waals surface area contributed by atoms with E-state index in [4.69, 9.17) is 0 Å². The maximum Gasteiger partial charge on any atom is 0.0727 e. The Bertz CT molecular complexity index is 2420. The van der Waals surface area contributed by atoms with Crippen LogP contribution in [0.4, 0.5) is 0 Å². The van der Waals surface area contributed by atoms with Gasteiger partial charge in [0.25, 0.3) is 0 Å². The van der Waals surface area contributed by atoms with Crippen LogP contribution < -0.4 is 0 Å². The molecule has 0 fully saturated rings. The third kappa shape index (κ3) is 5.36. The summed E-state index contributed by atoms with van der Waals surface area (Å²) in [6.07, 6.45) is 12.7. The lowest BCUT2D eigenvalue weighted by Crippen LogP contribution is -1.96. The molecule has 4 aromatic heterocycles. The van der Waals surface area contributed by atoms with E-state index in [1.165, 1.54) is 136 Å². The van der Waals surface area contributed by atoms with Crippen molar-refractivity contribution >= 4 is 85.1 Å². The predicted molar refractivity (Wildman–Crippen MR) is 222 cm³/mol. The predicted octanol–water partition coefficient (Wildman–Crippen LogP) is 14.6. The first-order chi connectivity index (χ1) is 24.7. The van der Waals surface area contributed by atoms with Gasteiger partial charge in [-0.3, -0.25) is 0 Å². The summed E-state index contributed by atoms with van der Waals surface area (Å²) in [4.78, 5) is 0. The summed E-state index contributed by atoms with van der Waals surface area (Å²) < 4.78 is 10.5. The molecular weight excluding hydrogens is 645 g/mol. The van der Waals surface area contributed by atoms with Gasteiger partial charge in [-0.2, -0.15) is 0 Å². The third-order valence-electron chi connectivity index (χ3n) is 10.7. The highest BCUT2D eigenvalue weighted by molar-refractivity contribution is 7.27. The average molecular weight is 689 g/mol. The molecular formula is C46H44N2S2. The molecule has 4 heterocycles. The van der Waals surface area contributed by atoms with Crippen LogP contribution in [0.2, 0.25) is 0 Å². The Morgan fingerprint density at radius 1 is 0.440 bits per heavy atom. The number of aryl methyl sites for hydroxylation is 2. The minimum Gasteiger partial charge on any atom is -0.308 e. The number of benzene rings is 5. The van der Waals surface area contributed by atoms with Gasteiger partial charge in [0, 0.05) is 42.3 Å². The van der Waals surface area contributed by atoms with Crippen molar-refractivity contribution < 1.29 is 0 Å². The zero-order valence-electron chi connectivity index (χ0n) is 29.2. The molecule has 250 valence electrons. The Morgan fingerprint density at radius 3 is 1.28 bits per heavy atom. The van der Waals surface area contributed by atoms with Crippen molar-refractivity contribution in [3.63, 3.8) is 0 Å². The van der Waals surface area contributed by atoms with Crippen LogP contribution in [0.15, 0.2) is 109 Å². The summed E-state index contributed by atoms with van der Waals surface area (Å²) in [6, 6.07) is 41.8. The summed E-state index contributed by atoms with van der Waals surface area (Å²) in [6.45, 7) is 4.57. The number of thiophene rings is 2. The summed E-state index contributed by atoms with van der Waals surface area (Å²) in [5.41, 5.74) is 10.6. The minimum absolute atomic E-state index is 1.15. The van der Waals surface area contributed by atoms with E-state index in [-0.39, 0.29) is 0 Å². The first kappa shape index (κ1) is 31.6. The molecule has 50 heavy (non-hydrogen) atoms. The van der Waals surface area contributed by atoms with Gasteiger partial charge in [0.15, 0.2) is 0 Å². The maximum absolute atomic E-state index is 2.55. The van der Waals surface area contributed by atoms with Crippen molar-refractivity contribution in [3.8, 4) is 11.4 Å². The topological polar surface area (TPSA) is 9.86 Å². The Hall–Kier alpha value is -4.38. The molecule has 0 aliphatic heterocycles. The van der Waals surface area contributed by atoms with E-state index in [0.29, 0.717) is 0 Å². The zero-order chi connectivity index (χ0) is 33.6. The molecule has 0 N–H and O–H groups in total. The molecule has 0 aliphatic rings. The average Bonchev–Trinajstić information content (AvgIpc) is 3.88. The van der Waals surface area contributed by atoms with Gasteiger partial charge >= 0.3 is 0 Å². The SMILES string of the molecule is CCCCCCc1ccc(-n2c3cc4c5sc6ccccc6c5n(-c5ccc(CCCCCC)cc5)c4cc3c3sc4ccccc4c32)cc1. The largest absolute Gasteiger partial charge is 0.308 e. The number of rotatable bonds is 12. The molecule has 0 bridgehead atoms. The van der Waals surface area contributed by atoms with Gasteiger partial charge in [0.1, 0.15) is 0 Å². The Kier molecular flexibility index (Phi) is 8.46. The highest BCUT2D eigenvalue weighted by Gasteiger charge is 2.23. The van der Waals surface area contributed by atoms with E-state index in [1.54, 1.807) is 0 Å². The van der Waals surface area contributed by atoms with Gasteiger partial charge < -0.3 is 9.13 Å². The Labute approximate surface area is 302 Å². The Morgan fingerprint density at radius 2 is 0.860 bits per heavy atom. The van der Waals surface area contributed by atoms with E-state index in [1.807, 2.05) is 22.7 Å². The fourth-order valence-corrected chi connectivity index (χ4v) is 10.5. The van der Waals surface area contributed by atoms with Crippen molar-refractivity contribution in [2.75, 3.05) is 0 Å². The normalized spacial score (nSPS) is 12.2. The number of hydrogen-bond donors (Lipinski definition) is 0. The first-order valence-corrected chi connectivity index (χ1v) is 20.4. The third-order valence-corrected chi connectivity index (χ3v) is 13.1. The van der Waals surface area contributed by atoms with E-state index >= 15 is 0 Å². The highest BCUT2D eigenvalue weighted by atomic mass is 32.1. The molecule has 0 saturated carbocycles. The first-order valence-electron chi connectivity index (χ1n) is 18.7. The van der Waals surface area contributed by atoms with Crippen LogP contribution in [-0.4, -0.2) is 9.13 Å². The number of unbranched alkanes of at least 4 members (excludes halogenated alkanes) is 6. The second kappa shape index (κ2) is 13.4. The van der Waals surface area contributed by atoms with Crippen molar-refractivity contribution in [2.45, 2.75) is 78.1 Å². The van der Waals surface area contributed by atoms with Crippen LogP contribution in [0.1, 0.15) is 76.3 Å². The van der Waals surface area contributed by atoms with E-state index < -0.39 is 0 Å². The van der Waals surface area contributed by atoms with E-state index in [2.05, 4.69) is 132 Å². The summed E-state index contributed by atoms with van der Waals surface area (Å²) in [5, 5.41) is 5.34. The molecule has 9 rings (SSSR count). The van der Waals surface area contributed by atoms with Gasteiger partial charge in [-0.15, -0.1) is 22.7 Å². The summed E-state index contributed by atoms with van der Waals surface area (Å²) in [5.74, 6) is 0. The van der Waals surface area contributed by atoms with Crippen LogP contribution in [0.25, 0.3) is 73.8 Å². The van der Waals surface area contributed by atoms with Gasteiger partial charge in [-0.05, 0) is 85.3 Å². The molecule has 0 spiro atoms. The lowest BCUT2D eigenvalue weighted by atomic mass is 10.1. The lowest BCUT2D eigenvalue weighted by molar-refractivity contribution is 0.667. The van der Waals surface area contributed by atoms with Crippen molar-refractivity contribution in [1.82, 2.24) is 9.13 Å². The molecule has 2 nitrogen and oxygen atoms in total. The lowest BCUT2D eigenvalue weighted by Gasteiger charge is -2.11. The van der Waals surface area contributed by atoms with Gasteiger partial charge in [-0.1, -0.05) is 113 Å². The monoisotopic (exact) mass is 688 g/mol. The number of fused-ring (bicyclic) bond motifs is 10. The fourth-order valence-electron chi connectivity index (χ4n) is 8.10. The van der Waals surface area contributed by atoms with Crippen LogP contribution in [0.5, 0.6) is 0 Å². The van der Waals surface area contributed by atoms with E-state index in [0.717, 1.165) is 12.8 Å². The van der Waals surface area contributed by atoms with Gasteiger partial charge in [0.05, 0.1) is 31.5 Å². The van der Waals surface area contributed by atoms with Crippen molar-refractivity contribution in [2.24, 2.45) is 0 Å². The van der Waals surface area contributed by atoms with Crippen LogP contribution >= 0.6 is 22.7 Å². The summed E-state index contributed by atoms with van der Waals surface area (Å²) >= 11 is 3.87. The molecule has 0 aliphatic carbocycles. The summed E-state index contributed by atoms with van der Waals surface area (Å²) in [7, 11) is 0. The number of nitrogens with zero attached hydrogens (tertiary/aromatic N) is 2.